The van der Waals surface area contributed by atoms with Crippen molar-refractivity contribution in [3.05, 3.63) is 40.7 Å². The van der Waals surface area contributed by atoms with E-state index in [9.17, 15) is 4.39 Å². The highest BCUT2D eigenvalue weighted by Gasteiger charge is 2.08. The van der Waals surface area contributed by atoms with Crippen molar-refractivity contribution in [2.24, 2.45) is 0 Å². The van der Waals surface area contributed by atoms with Gasteiger partial charge < -0.3 is 5.32 Å². The molecule has 80 valence electrons. The topological polar surface area (TPSA) is 48.7 Å². The van der Waals surface area contributed by atoms with Gasteiger partial charge in [-0.1, -0.05) is 6.07 Å². The molecule has 0 aliphatic rings. The molecular weight excluding hydrogens is 225 g/mol. The lowest BCUT2D eigenvalue weighted by Gasteiger charge is -2.04. The van der Waals surface area contributed by atoms with Crippen LogP contribution in [0.1, 0.15) is 10.4 Å². The van der Waals surface area contributed by atoms with Crippen LogP contribution < -0.4 is 5.32 Å². The fourth-order valence-corrected chi connectivity index (χ4v) is 1.95. The van der Waals surface area contributed by atoms with Gasteiger partial charge in [-0.15, -0.1) is 11.3 Å². The molecule has 5 heteroatoms. The van der Waals surface area contributed by atoms with Gasteiger partial charge in [-0.2, -0.15) is 5.26 Å². The third-order valence-corrected chi connectivity index (χ3v) is 2.82. The predicted octanol–water partition coefficient (Wildman–Crippen LogP) is 3.21. The van der Waals surface area contributed by atoms with E-state index in [0.717, 1.165) is 4.88 Å². The van der Waals surface area contributed by atoms with E-state index in [-0.39, 0.29) is 5.56 Å². The fraction of sp³-hybridized carbons (Fsp3) is 0.0909. The molecular formula is C11H8FN3S. The number of nitriles is 1. The Labute approximate surface area is 96.2 Å². The molecule has 2 rings (SSSR count). The summed E-state index contributed by atoms with van der Waals surface area (Å²) in [5.41, 5.74) is 0.451. The molecule has 0 aliphatic heterocycles. The van der Waals surface area contributed by atoms with Crippen molar-refractivity contribution in [3.63, 3.8) is 0 Å². The lowest BCUT2D eigenvalue weighted by atomic mass is 10.2. The second kappa shape index (κ2) is 4.29. The maximum Gasteiger partial charge on any atom is 0.187 e. The largest absolute Gasteiger partial charge is 0.330 e. The van der Waals surface area contributed by atoms with E-state index in [1.165, 1.54) is 17.4 Å². The second-order valence-electron chi connectivity index (χ2n) is 3.18. The number of rotatable bonds is 2. The minimum Gasteiger partial charge on any atom is -0.330 e. The van der Waals surface area contributed by atoms with Crippen molar-refractivity contribution < 1.29 is 4.39 Å². The number of hydrogen-bond acceptors (Lipinski definition) is 4. The Balaban J connectivity index is 2.35. The normalized spacial score (nSPS) is 9.81. The molecule has 0 amide bonds. The summed E-state index contributed by atoms with van der Waals surface area (Å²) in [5, 5.41) is 12.4. The van der Waals surface area contributed by atoms with Crippen LogP contribution in [0.25, 0.3) is 0 Å². The standard InChI is InChI=1S/C11H8FN3S/c1-7-6-14-11(16-7)15-10-4-2-3-9(12)8(10)5-13/h2-4,6H,1H3,(H,14,15). The molecule has 2 aromatic rings. The van der Waals surface area contributed by atoms with Crippen LogP contribution in [-0.4, -0.2) is 4.98 Å². The van der Waals surface area contributed by atoms with Crippen molar-refractivity contribution in [2.45, 2.75) is 6.92 Å². The highest BCUT2D eigenvalue weighted by atomic mass is 32.1. The number of anilines is 2. The average molecular weight is 233 g/mol. The van der Waals surface area contributed by atoms with Gasteiger partial charge in [-0.25, -0.2) is 9.37 Å². The van der Waals surface area contributed by atoms with Crippen LogP contribution in [0.2, 0.25) is 0 Å². The van der Waals surface area contributed by atoms with Crippen LogP contribution >= 0.6 is 11.3 Å². The quantitative estimate of drug-likeness (QED) is 0.866. The van der Waals surface area contributed by atoms with Crippen molar-refractivity contribution in [1.82, 2.24) is 4.98 Å². The molecule has 0 fully saturated rings. The molecule has 0 saturated carbocycles. The van der Waals surface area contributed by atoms with E-state index >= 15 is 0 Å². The van der Waals surface area contributed by atoms with E-state index in [4.69, 9.17) is 5.26 Å². The van der Waals surface area contributed by atoms with Crippen LogP contribution in [0.15, 0.2) is 24.4 Å². The zero-order valence-corrected chi connectivity index (χ0v) is 9.31. The molecule has 0 aliphatic carbocycles. The van der Waals surface area contributed by atoms with Gasteiger partial charge in [0.05, 0.1) is 5.69 Å². The van der Waals surface area contributed by atoms with Crippen LogP contribution in [0.3, 0.4) is 0 Å². The van der Waals surface area contributed by atoms with Crippen molar-refractivity contribution in [2.75, 3.05) is 5.32 Å². The van der Waals surface area contributed by atoms with E-state index in [0.29, 0.717) is 10.8 Å². The number of halogens is 1. The average Bonchev–Trinajstić information content (AvgIpc) is 2.64. The lowest BCUT2D eigenvalue weighted by Crippen LogP contribution is -1.95. The molecule has 1 aromatic heterocycles. The summed E-state index contributed by atoms with van der Waals surface area (Å²) < 4.78 is 13.3. The number of benzene rings is 1. The van der Waals surface area contributed by atoms with Gasteiger partial charge in [0.25, 0.3) is 0 Å². The van der Waals surface area contributed by atoms with Crippen LogP contribution in [-0.2, 0) is 0 Å². The van der Waals surface area contributed by atoms with Crippen molar-refractivity contribution in [1.29, 1.82) is 5.26 Å². The van der Waals surface area contributed by atoms with Crippen LogP contribution in [0.4, 0.5) is 15.2 Å². The smallest absolute Gasteiger partial charge is 0.187 e. The Morgan fingerprint density at radius 2 is 2.31 bits per heavy atom. The molecule has 0 bridgehead atoms. The highest BCUT2D eigenvalue weighted by Crippen LogP contribution is 2.25. The first-order valence-electron chi connectivity index (χ1n) is 4.59. The first kappa shape index (κ1) is 10.6. The summed E-state index contributed by atoms with van der Waals surface area (Å²) in [6.45, 7) is 1.93. The van der Waals surface area contributed by atoms with Gasteiger partial charge in [-0.3, -0.25) is 0 Å². The first-order chi connectivity index (χ1) is 7.70. The molecule has 0 radical (unpaired) electrons. The molecule has 0 spiro atoms. The number of hydrogen-bond donors (Lipinski definition) is 1. The van der Waals surface area contributed by atoms with E-state index in [2.05, 4.69) is 10.3 Å². The first-order valence-corrected chi connectivity index (χ1v) is 5.40. The number of nitrogens with one attached hydrogen (secondary N) is 1. The Morgan fingerprint density at radius 1 is 1.50 bits per heavy atom. The van der Waals surface area contributed by atoms with Gasteiger partial charge in [0, 0.05) is 11.1 Å². The predicted molar refractivity (Wildman–Crippen MR) is 61.2 cm³/mol. The zero-order chi connectivity index (χ0) is 11.5. The molecule has 3 nitrogen and oxygen atoms in total. The Morgan fingerprint density at radius 3 is 2.94 bits per heavy atom. The summed E-state index contributed by atoms with van der Waals surface area (Å²) in [6.07, 6.45) is 1.72. The van der Waals surface area contributed by atoms with Crippen molar-refractivity contribution >= 4 is 22.2 Å². The molecule has 1 N–H and O–H groups in total. The highest BCUT2D eigenvalue weighted by molar-refractivity contribution is 7.15. The SMILES string of the molecule is Cc1cnc(Nc2cccc(F)c2C#N)s1. The van der Waals surface area contributed by atoms with Gasteiger partial charge in [0.1, 0.15) is 17.4 Å². The molecule has 0 unspecified atom stereocenters. The minimum absolute atomic E-state index is 0.00959. The summed E-state index contributed by atoms with van der Waals surface area (Å²) in [6, 6.07) is 6.30. The number of nitrogens with zero attached hydrogens (tertiary/aromatic N) is 2. The van der Waals surface area contributed by atoms with Crippen LogP contribution in [0, 0.1) is 24.1 Å². The number of aromatic nitrogens is 1. The van der Waals surface area contributed by atoms with Gasteiger partial charge in [0.15, 0.2) is 5.13 Å². The van der Waals surface area contributed by atoms with E-state index in [1.807, 2.05) is 13.0 Å². The summed E-state index contributed by atoms with van der Waals surface area (Å²) in [5.74, 6) is -0.527. The zero-order valence-electron chi connectivity index (χ0n) is 8.49. The van der Waals surface area contributed by atoms with Crippen LogP contribution in [0.5, 0.6) is 0 Å². The van der Waals surface area contributed by atoms with Crippen molar-refractivity contribution in [3.8, 4) is 6.07 Å². The Hall–Kier alpha value is -1.93. The van der Waals surface area contributed by atoms with Gasteiger partial charge in [0.2, 0.25) is 0 Å². The Kier molecular flexibility index (Phi) is 2.84. The summed E-state index contributed by atoms with van der Waals surface area (Å²) in [7, 11) is 0. The fourth-order valence-electron chi connectivity index (χ4n) is 1.27. The third kappa shape index (κ3) is 2.02. The number of aryl methyl sites for hydroxylation is 1. The summed E-state index contributed by atoms with van der Waals surface area (Å²) in [4.78, 5) is 5.14. The molecule has 1 aromatic carbocycles. The molecule has 0 atom stereocenters. The minimum atomic E-state index is -0.527. The lowest BCUT2D eigenvalue weighted by molar-refractivity contribution is 0.624. The van der Waals surface area contributed by atoms with Gasteiger partial charge in [-0.05, 0) is 19.1 Å². The van der Waals surface area contributed by atoms with E-state index in [1.54, 1.807) is 18.3 Å². The molecule has 1 heterocycles. The van der Waals surface area contributed by atoms with E-state index < -0.39 is 5.82 Å². The third-order valence-electron chi connectivity index (χ3n) is 1.99. The second-order valence-corrected chi connectivity index (χ2v) is 4.41. The molecule has 16 heavy (non-hydrogen) atoms. The maximum absolute atomic E-state index is 13.3. The summed E-state index contributed by atoms with van der Waals surface area (Å²) >= 11 is 1.45. The maximum atomic E-state index is 13.3. The van der Waals surface area contributed by atoms with Gasteiger partial charge >= 0.3 is 0 Å². The molecule has 0 saturated heterocycles. The Bertz CT molecular complexity index is 557. The number of thiazole rings is 1. The monoisotopic (exact) mass is 233 g/mol.